The summed E-state index contributed by atoms with van der Waals surface area (Å²) in [7, 11) is 0. The highest BCUT2D eigenvalue weighted by atomic mass is 16.6. The molecule has 3 atom stereocenters. The fraction of sp³-hybridized carbons (Fsp3) is 0.632. The van der Waals surface area contributed by atoms with Gasteiger partial charge in [0.25, 0.3) is 0 Å². The molecule has 2 aliphatic rings. The lowest BCUT2D eigenvalue weighted by Crippen LogP contribution is -2.38. The number of rotatable bonds is 4. The van der Waals surface area contributed by atoms with Crippen LogP contribution in [0.5, 0.6) is 0 Å². The lowest BCUT2D eigenvalue weighted by Gasteiger charge is -2.22. The monoisotopic (exact) mass is 332 g/mol. The van der Waals surface area contributed by atoms with Gasteiger partial charge in [-0.15, -0.1) is 0 Å². The molecule has 1 unspecified atom stereocenters. The number of likely N-dealkylation sites (tertiary alicyclic amines) is 1. The molecule has 1 N–H and O–H groups in total. The van der Waals surface area contributed by atoms with Crippen molar-refractivity contribution >= 4 is 6.09 Å². The molecule has 2 saturated heterocycles. The maximum atomic E-state index is 11.9. The normalized spacial score (nSPS) is 27.0. The Morgan fingerprint density at radius 1 is 1.33 bits per heavy atom. The van der Waals surface area contributed by atoms with Gasteiger partial charge in [0.05, 0.1) is 6.10 Å². The van der Waals surface area contributed by atoms with Crippen LogP contribution in [-0.4, -0.2) is 48.4 Å². The minimum Gasteiger partial charge on any atom is -0.444 e. The second kappa shape index (κ2) is 7.11. The number of carbonyl (C=O) groups excluding carboxylic acids is 1. The van der Waals surface area contributed by atoms with E-state index in [1.807, 2.05) is 26.8 Å². The fourth-order valence-electron chi connectivity index (χ4n) is 3.69. The van der Waals surface area contributed by atoms with Crippen molar-refractivity contribution in [3.05, 3.63) is 35.9 Å². The average Bonchev–Trinajstić information content (AvgIpc) is 3.09. The van der Waals surface area contributed by atoms with Crippen LogP contribution in [0.15, 0.2) is 30.3 Å². The van der Waals surface area contributed by atoms with E-state index in [0.29, 0.717) is 18.5 Å². The van der Waals surface area contributed by atoms with Gasteiger partial charge in [-0.2, -0.15) is 0 Å². The van der Waals surface area contributed by atoms with Crippen molar-refractivity contribution < 1.29 is 14.3 Å². The van der Waals surface area contributed by atoms with Crippen molar-refractivity contribution in [1.29, 1.82) is 0 Å². The summed E-state index contributed by atoms with van der Waals surface area (Å²) in [5.41, 5.74) is 0.856. The van der Waals surface area contributed by atoms with E-state index in [4.69, 9.17) is 9.47 Å². The van der Waals surface area contributed by atoms with Gasteiger partial charge in [0, 0.05) is 38.2 Å². The smallest absolute Gasteiger partial charge is 0.407 e. The third kappa shape index (κ3) is 4.28. The molecule has 0 aromatic heterocycles. The molecule has 0 bridgehead atoms. The van der Waals surface area contributed by atoms with Crippen molar-refractivity contribution in [3.8, 4) is 0 Å². The number of fused-ring (bicyclic) bond motifs is 1. The average molecular weight is 332 g/mol. The van der Waals surface area contributed by atoms with E-state index in [2.05, 4.69) is 34.5 Å². The summed E-state index contributed by atoms with van der Waals surface area (Å²) in [6.07, 6.45) is 0.933. The molecule has 5 nitrogen and oxygen atoms in total. The summed E-state index contributed by atoms with van der Waals surface area (Å²) < 4.78 is 11.3. The van der Waals surface area contributed by atoms with Crippen LogP contribution >= 0.6 is 0 Å². The quantitative estimate of drug-likeness (QED) is 0.921. The van der Waals surface area contributed by atoms with Gasteiger partial charge in [0.15, 0.2) is 0 Å². The number of ether oxygens (including phenoxy) is 2. The van der Waals surface area contributed by atoms with E-state index in [1.165, 1.54) is 5.56 Å². The maximum Gasteiger partial charge on any atom is 0.407 e. The van der Waals surface area contributed by atoms with Crippen LogP contribution in [0, 0.1) is 5.92 Å². The molecular formula is C19H28N2O3. The maximum absolute atomic E-state index is 11.9. The van der Waals surface area contributed by atoms with Crippen LogP contribution in [0.3, 0.4) is 0 Å². The van der Waals surface area contributed by atoms with Crippen molar-refractivity contribution in [2.24, 2.45) is 5.92 Å². The molecule has 0 saturated carbocycles. The number of carbonyl (C=O) groups is 1. The van der Waals surface area contributed by atoms with E-state index in [1.54, 1.807) is 0 Å². The topological polar surface area (TPSA) is 50.8 Å². The van der Waals surface area contributed by atoms with E-state index in [0.717, 1.165) is 26.1 Å². The Hall–Kier alpha value is -1.59. The van der Waals surface area contributed by atoms with Crippen molar-refractivity contribution in [3.63, 3.8) is 0 Å². The minimum absolute atomic E-state index is 0.212. The number of amides is 1. The second-order valence-corrected chi connectivity index (χ2v) is 7.75. The number of benzene rings is 1. The van der Waals surface area contributed by atoms with Crippen LogP contribution in [0.4, 0.5) is 4.79 Å². The zero-order valence-electron chi connectivity index (χ0n) is 14.8. The molecule has 132 valence electrons. The number of alkyl carbamates (subject to hydrolysis) is 1. The molecule has 3 rings (SSSR count). The standard InChI is InChI=1S/C19H28N2O3/c1-19(2,3)24-18(22)20-11-15-13-21(16-9-10-23-17(15)16)12-14-7-5-4-6-8-14/h4-8,15-17H,9-13H2,1-3H3,(H,20,22)/t15?,16-,17-/m1/s1. The largest absolute Gasteiger partial charge is 0.444 e. The van der Waals surface area contributed by atoms with Gasteiger partial charge in [-0.05, 0) is 32.8 Å². The second-order valence-electron chi connectivity index (χ2n) is 7.75. The Kier molecular flexibility index (Phi) is 5.11. The Morgan fingerprint density at radius 2 is 2.08 bits per heavy atom. The predicted molar refractivity (Wildman–Crippen MR) is 92.7 cm³/mol. The van der Waals surface area contributed by atoms with E-state index >= 15 is 0 Å². The molecule has 0 spiro atoms. The Morgan fingerprint density at radius 3 is 2.79 bits per heavy atom. The summed E-state index contributed by atoms with van der Waals surface area (Å²) in [5, 5.41) is 2.91. The third-order valence-corrected chi connectivity index (χ3v) is 4.64. The van der Waals surface area contributed by atoms with Crippen LogP contribution in [0.2, 0.25) is 0 Å². The number of nitrogens with one attached hydrogen (secondary N) is 1. The van der Waals surface area contributed by atoms with Crippen LogP contribution in [0.25, 0.3) is 0 Å². The number of hydrogen-bond donors (Lipinski definition) is 1. The molecule has 2 fully saturated rings. The van der Waals surface area contributed by atoms with Crippen LogP contribution < -0.4 is 5.32 Å². The van der Waals surface area contributed by atoms with Crippen LogP contribution in [-0.2, 0) is 16.0 Å². The zero-order chi connectivity index (χ0) is 17.2. The van der Waals surface area contributed by atoms with Gasteiger partial charge in [-0.3, -0.25) is 4.90 Å². The van der Waals surface area contributed by atoms with E-state index in [9.17, 15) is 4.79 Å². The first-order valence-electron chi connectivity index (χ1n) is 8.79. The van der Waals surface area contributed by atoms with E-state index < -0.39 is 5.60 Å². The molecule has 0 aliphatic carbocycles. The molecule has 2 heterocycles. The summed E-state index contributed by atoms with van der Waals surface area (Å²) in [6.45, 7) is 8.92. The fourth-order valence-corrected chi connectivity index (χ4v) is 3.69. The molecule has 0 radical (unpaired) electrons. The van der Waals surface area contributed by atoms with Crippen molar-refractivity contribution in [2.75, 3.05) is 19.7 Å². The molecule has 24 heavy (non-hydrogen) atoms. The summed E-state index contributed by atoms with van der Waals surface area (Å²) in [6, 6.07) is 11.0. The summed E-state index contributed by atoms with van der Waals surface area (Å²) in [4.78, 5) is 14.4. The molecule has 1 aromatic rings. The SMILES string of the molecule is CC(C)(C)OC(=O)NCC1CN(Cc2ccccc2)[C@@H]2CCO[C@H]12. The van der Waals surface area contributed by atoms with Gasteiger partial charge in [0.2, 0.25) is 0 Å². The molecular weight excluding hydrogens is 304 g/mol. The van der Waals surface area contributed by atoms with Gasteiger partial charge >= 0.3 is 6.09 Å². The molecule has 5 heteroatoms. The third-order valence-electron chi connectivity index (χ3n) is 4.64. The van der Waals surface area contributed by atoms with Gasteiger partial charge < -0.3 is 14.8 Å². The Balaban J connectivity index is 1.56. The Labute approximate surface area is 144 Å². The zero-order valence-corrected chi connectivity index (χ0v) is 14.8. The highest BCUT2D eigenvalue weighted by Crippen LogP contribution is 2.34. The first-order valence-corrected chi connectivity index (χ1v) is 8.79. The Bertz CT molecular complexity index is 555. The highest BCUT2D eigenvalue weighted by Gasteiger charge is 2.45. The van der Waals surface area contributed by atoms with Gasteiger partial charge in [-0.25, -0.2) is 4.79 Å². The lowest BCUT2D eigenvalue weighted by atomic mass is 10.0. The number of hydrogen-bond acceptors (Lipinski definition) is 4. The van der Waals surface area contributed by atoms with Crippen LogP contribution in [0.1, 0.15) is 32.8 Å². The molecule has 1 aromatic carbocycles. The summed E-state index contributed by atoms with van der Waals surface area (Å²) in [5.74, 6) is 0.314. The minimum atomic E-state index is -0.467. The molecule has 1 amide bonds. The van der Waals surface area contributed by atoms with Gasteiger partial charge in [0.1, 0.15) is 5.60 Å². The van der Waals surface area contributed by atoms with E-state index in [-0.39, 0.29) is 12.2 Å². The number of nitrogens with zero attached hydrogens (tertiary/aromatic N) is 1. The summed E-state index contributed by atoms with van der Waals surface area (Å²) >= 11 is 0. The van der Waals surface area contributed by atoms with Crippen molar-refractivity contribution in [2.45, 2.75) is 51.5 Å². The van der Waals surface area contributed by atoms with Crippen molar-refractivity contribution in [1.82, 2.24) is 10.2 Å². The molecule has 2 aliphatic heterocycles. The first kappa shape index (κ1) is 17.2. The van der Waals surface area contributed by atoms with Gasteiger partial charge in [-0.1, -0.05) is 30.3 Å². The predicted octanol–water partition coefficient (Wildman–Crippen LogP) is 2.80. The lowest BCUT2D eigenvalue weighted by molar-refractivity contribution is 0.0471. The highest BCUT2D eigenvalue weighted by molar-refractivity contribution is 5.67. The first-order chi connectivity index (χ1) is 11.4.